The quantitative estimate of drug-likeness (QED) is 0.251. The lowest BCUT2D eigenvalue weighted by atomic mass is 9.89. The Morgan fingerprint density at radius 1 is 0.545 bits per heavy atom. The third kappa shape index (κ3) is 3.93. The lowest BCUT2D eigenvalue weighted by Gasteiger charge is -2.16. The molecule has 4 aromatic carbocycles. The third-order valence-corrected chi connectivity index (χ3v) is 7.71. The van der Waals surface area contributed by atoms with Crippen LogP contribution in [0.1, 0.15) is 74.6 Å². The molecular formula is C33H34. The number of fused-ring (bicyclic) bond motifs is 3. The molecule has 1 aliphatic rings. The van der Waals surface area contributed by atoms with E-state index in [1.165, 1.54) is 55.6 Å². The summed E-state index contributed by atoms with van der Waals surface area (Å²) < 4.78 is 0. The van der Waals surface area contributed by atoms with Crippen LogP contribution < -0.4 is 0 Å². The molecule has 0 saturated carbocycles. The molecule has 0 saturated heterocycles. The van der Waals surface area contributed by atoms with E-state index in [0.717, 1.165) is 19.3 Å². The topological polar surface area (TPSA) is 0 Å². The van der Waals surface area contributed by atoms with Gasteiger partial charge in [0.1, 0.15) is 0 Å². The van der Waals surface area contributed by atoms with Crippen molar-refractivity contribution in [3.63, 3.8) is 0 Å². The monoisotopic (exact) mass is 430 g/mol. The van der Waals surface area contributed by atoms with E-state index in [9.17, 15) is 0 Å². The SMILES string of the molecule is CCC(C)c1ccccc1-c1ccc2c(c1)Cc1cc(-c3ccccc3C(C)CC)ccc1-2. The lowest BCUT2D eigenvalue weighted by Crippen LogP contribution is -1.95. The van der Waals surface area contributed by atoms with Crippen molar-refractivity contribution < 1.29 is 0 Å². The van der Waals surface area contributed by atoms with Crippen LogP contribution in [0.15, 0.2) is 84.9 Å². The van der Waals surface area contributed by atoms with Gasteiger partial charge in [0.05, 0.1) is 0 Å². The summed E-state index contributed by atoms with van der Waals surface area (Å²) in [5.74, 6) is 1.14. The molecule has 0 aromatic heterocycles. The Hall–Kier alpha value is -3.12. The molecule has 0 aliphatic heterocycles. The summed E-state index contributed by atoms with van der Waals surface area (Å²) in [7, 11) is 0. The van der Waals surface area contributed by atoms with Crippen molar-refractivity contribution >= 4 is 0 Å². The van der Waals surface area contributed by atoms with Crippen molar-refractivity contribution in [2.75, 3.05) is 0 Å². The minimum atomic E-state index is 0.569. The number of rotatable bonds is 6. The largest absolute Gasteiger partial charge is 0.0648 e. The highest BCUT2D eigenvalue weighted by Crippen LogP contribution is 2.42. The summed E-state index contributed by atoms with van der Waals surface area (Å²) in [6.07, 6.45) is 3.34. The van der Waals surface area contributed by atoms with Gasteiger partial charge >= 0.3 is 0 Å². The Kier molecular flexibility index (Phi) is 5.94. The van der Waals surface area contributed by atoms with Gasteiger partial charge in [-0.1, -0.05) is 113 Å². The molecule has 2 atom stereocenters. The lowest BCUT2D eigenvalue weighted by molar-refractivity contribution is 0.735. The summed E-state index contributed by atoms with van der Waals surface area (Å²) in [6.45, 7) is 9.22. The van der Waals surface area contributed by atoms with Crippen LogP contribution in [0.4, 0.5) is 0 Å². The van der Waals surface area contributed by atoms with E-state index in [1.807, 2.05) is 0 Å². The Morgan fingerprint density at radius 3 is 1.39 bits per heavy atom. The highest BCUT2D eigenvalue weighted by Gasteiger charge is 2.21. The number of hydrogen-bond donors (Lipinski definition) is 0. The molecule has 0 amide bonds. The van der Waals surface area contributed by atoms with Gasteiger partial charge in [-0.05, 0) is 86.7 Å². The van der Waals surface area contributed by atoms with E-state index in [1.54, 1.807) is 0 Å². The van der Waals surface area contributed by atoms with Gasteiger partial charge in [-0.25, -0.2) is 0 Å². The van der Waals surface area contributed by atoms with Gasteiger partial charge in [0.15, 0.2) is 0 Å². The summed E-state index contributed by atoms with van der Waals surface area (Å²) in [5, 5.41) is 0. The normalized spacial score (nSPS) is 13.9. The Morgan fingerprint density at radius 2 is 0.970 bits per heavy atom. The van der Waals surface area contributed by atoms with Crippen molar-refractivity contribution in [1.82, 2.24) is 0 Å². The standard InChI is InChI=1S/C33H34/c1-5-22(3)28-11-7-9-13-30(28)24-15-17-32-26(19-24)21-27-20-25(16-18-33(27)32)31-14-10-8-12-29(31)23(4)6-2/h7-20,22-23H,5-6,21H2,1-4H3. The smallest absolute Gasteiger partial charge is 0.00130 e. The van der Waals surface area contributed by atoms with Crippen molar-refractivity contribution in [2.24, 2.45) is 0 Å². The maximum absolute atomic E-state index is 2.43. The fraction of sp³-hybridized carbons (Fsp3) is 0.273. The van der Waals surface area contributed by atoms with E-state index >= 15 is 0 Å². The molecular weight excluding hydrogens is 396 g/mol. The van der Waals surface area contributed by atoms with Gasteiger partial charge < -0.3 is 0 Å². The Balaban J connectivity index is 1.52. The fourth-order valence-electron chi connectivity index (χ4n) is 5.36. The Bertz CT molecular complexity index is 1190. The van der Waals surface area contributed by atoms with Crippen molar-refractivity contribution in [2.45, 2.75) is 58.8 Å². The summed E-state index contributed by atoms with van der Waals surface area (Å²) in [6, 6.07) is 32.1. The summed E-state index contributed by atoms with van der Waals surface area (Å²) in [5.41, 5.74) is 14.1. The van der Waals surface area contributed by atoms with Crippen LogP contribution in [-0.2, 0) is 6.42 Å². The molecule has 0 N–H and O–H groups in total. The molecule has 0 spiro atoms. The van der Waals surface area contributed by atoms with E-state index < -0.39 is 0 Å². The molecule has 5 rings (SSSR count). The summed E-state index contributed by atoms with van der Waals surface area (Å²) >= 11 is 0. The molecule has 0 fully saturated rings. The maximum atomic E-state index is 2.43. The van der Waals surface area contributed by atoms with Gasteiger partial charge in [-0.2, -0.15) is 0 Å². The summed E-state index contributed by atoms with van der Waals surface area (Å²) in [4.78, 5) is 0. The first-order chi connectivity index (χ1) is 16.1. The van der Waals surface area contributed by atoms with E-state index in [2.05, 4.69) is 113 Å². The maximum Gasteiger partial charge on any atom is -0.00130 e. The minimum absolute atomic E-state index is 0.569. The van der Waals surface area contributed by atoms with E-state index in [-0.39, 0.29) is 0 Å². The van der Waals surface area contributed by atoms with Crippen LogP contribution >= 0.6 is 0 Å². The minimum Gasteiger partial charge on any atom is -0.0648 e. The van der Waals surface area contributed by atoms with Gasteiger partial charge in [-0.3, -0.25) is 0 Å². The fourth-order valence-corrected chi connectivity index (χ4v) is 5.36. The second kappa shape index (κ2) is 9.02. The second-order valence-corrected chi connectivity index (χ2v) is 9.71. The predicted octanol–water partition coefficient (Wildman–Crippen LogP) is 9.62. The van der Waals surface area contributed by atoms with Gasteiger partial charge in [0.25, 0.3) is 0 Å². The zero-order chi connectivity index (χ0) is 22.9. The average Bonchev–Trinajstić information content (AvgIpc) is 3.24. The first kappa shape index (κ1) is 21.7. The van der Waals surface area contributed by atoms with Crippen molar-refractivity contribution in [3.05, 3.63) is 107 Å². The molecule has 0 heteroatoms. The second-order valence-electron chi connectivity index (χ2n) is 9.71. The predicted molar refractivity (Wildman–Crippen MR) is 143 cm³/mol. The molecule has 0 heterocycles. The molecule has 0 nitrogen and oxygen atoms in total. The van der Waals surface area contributed by atoms with Crippen LogP contribution in [-0.4, -0.2) is 0 Å². The number of benzene rings is 4. The molecule has 33 heavy (non-hydrogen) atoms. The molecule has 0 radical (unpaired) electrons. The molecule has 1 aliphatic carbocycles. The molecule has 0 bridgehead atoms. The van der Waals surface area contributed by atoms with Crippen LogP contribution in [0.3, 0.4) is 0 Å². The van der Waals surface area contributed by atoms with Gasteiger partial charge in [0.2, 0.25) is 0 Å². The first-order valence-electron chi connectivity index (χ1n) is 12.6. The van der Waals surface area contributed by atoms with Crippen LogP contribution in [0.5, 0.6) is 0 Å². The van der Waals surface area contributed by atoms with Crippen LogP contribution in [0, 0.1) is 0 Å². The van der Waals surface area contributed by atoms with Crippen molar-refractivity contribution in [3.8, 4) is 33.4 Å². The van der Waals surface area contributed by atoms with E-state index in [0.29, 0.717) is 11.8 Å². The first-order valence-corrected chi connectivity index (χ1v) is 12.6. The van der Waals surface area contributed by atoms with E-state index in [4.69, 9.17) is 0 Å². The van der Waals surface area contributed by atoms with Crippen LogP contribution in [0.2, 0.25) is 0 Å². The third-order valence-electron chi connectivity index (χ3n) is 7.71. The number of hydrogen-bond acceptors (Lipinski definition) is 0. The zero-order valence-electron chi connectivity index (χ0n) is 20.4. The zero-order valence-corrected chi connectivity index (χ0v) is 20.4. The highest BCUT2D eigenvalue weighted by molar-refractivity contribution is 5.83. The molecule has 166 valence electrons. The van der Waals surface area contributed by atoms with Gasteiger partial charge in [-0.15, -0.1) is 0 Å². The Labute approximate surface area is 199 Å². The average molecular weight is 431 g/mol. The van der Waals surface area contributed by atoms with Crippen LogP contribution in [0.25, 0.3) is 33.4 Å². The molecule has 2 unspecified atom stereocenters. The highest BCUT2D eigenvalue weighted by atomic mass is 14.2. The van der Waals surface area contributed by atoms with Gasteiger partial charge in [0, 0.05) is 0 Å². The van der Waals surface area contributed by atoms with Crippen molar-refractivity contribution in [1.29, 1.82) is 0 Å². The molecule has 4 aromatic rings.